The fraction of sp³-hybridized carbons (Fsp3) is 0.792. The topological polar surface area (TPSA) is 181 Å². The zero-order valence-corrected chi connectivity index (χ0v) is 23.3. The molecule has 0 atom stereocenters. The van der Waals surface area contributed by atoms with Crippen molar-refractivity contribution in [3.05, 3.63) is 0 Å². The van der Waals surface area contributed by atoms with Crippen LogP contribution in [0.25, 0.3) is 0 Å². The molecule has 2 fully saturated rings. The Morgan fingerprint density at radius 3 is 1.68 bits per heavy atom. The number of carbonyl (C=O) groups is 5. The fourth-order valence-electron chi connectivity index (χ4n) is 2.51. The van der Waals surface area contributed by atoms with E-state index in [2.05, 4.69) is 24.3 Å². The largest absolute Gasteiger partial charge is 0.469 e. The number of carbonyl (C=O) groups excluding carboxylic acids is 5. The number of nitrogens with one attached hydrogen (secondary N) is 1. The minimum atomic E-state index is -0.687. The van der Waals surface area contributed by atoms with E-state index < -0.39 is 17.2 Å². The number of hydrogen-bond acceptors (Lipinski definition) is 11. The smallest absolute Gasteiger partial charge is 0.315 e. The number of amides is 1. The number of hydrogen-bond donors (Lipinski definition) is 3. The molecule has 0 aromatic heterocycles. The Hall–Kier alpha value is -2.28. The highest BCUT2D eigenvalue weighted by molar-refractivity contribution is 6.64. The van der Waals surface area contributed by atoms with E-state index in [0.717, 1.165) is 32.3 Å². The molecule has 2 aliphatic rings. The summed E-state index contributed by atoms with van der Waals surface area (Å²) >= 11 is 4.87. The van der Waals surface area contributed by atoms with Gasteiger partial charge in [0.1, 0.15) is 12.8 Å². The van der Waals surface area contributed by atoms with Gasteiger partial charge >= 0.3 is 17.9 Å². The Labute approximate surface area is 223 Å². The summed E-state index contributed by atoms with van der Waals surface area (Å²) in [5, 5.41) is 10.8. The molecule has 0 heterocycles. The summed E-state index contributed by atoms with van der Waals surface area (Å²) in [7, 11) is 3.06. The van der Waals surface area contributed by atoms with Crippen molar-refractivity contribution in [2.24, 2.45) is 5.73 Å². The summed E-state index contributed by atoms with van der Waals surface area (Å²) in [6.07, 6.45) is 4.04. The van der Waals surface area contributed by atoms with Crippen molar-refractivity contribution in [3.8, 4) is 0 Å². The van der Waals surface area contributed by atoms with Gasteiger partial charge in [-0.1, -0.05) is 0 Å². The van der Waals surface area contributed by atoms with Crippen molar-refractivity contribution in [1.82, 2.24) is 5.32 Å². The van der Waals surface area contributed by atoms with Crippen LogP contribution in [0.15, 0.2) is 0 Å². The summed E-state index contributed by atoms with van der Waals surface area (Å²) in [6, 6.07) is 0. The average Bonchev–Trinajstić information content (AvgIpc) is 3.73. The van der Waals surface area contributed by atoms with Crippen LogP contribution < -0.4 is 11.1 Å². The maximum Gasteiger partial charge on any atom is 0.315 e. The Kier molecular flexibility index (Phi) is 20.7. The predicted octanol–water partition coefficient (Wildman–Crippen LogP) is 1.37. The van der Waals surface area contributed by atoms with E-state index in [-0.39, 0.29) is 55.6 Å². The van der Waals surface area contributed by atoms with Gasteiger partial charge in [0.25, 0.3) is 0 Å². The zero-order valence-electron chi connectivity index (χ0n) is 22.6. The lowest BCUT2D eigenvalue weighted by Crippen LogP contribution is -2.38. The van der Waals surface area contributed by atoms with Crippen LogP contribution in [0, 0.1) is 0 Å². The molecule has 0 aromatic carbocycles. The van der Waals surface area contributed by atoms with Gasteiger partial charge < -0.3 is 35.1 Å². The normalized spacial score (nSPS) is 14.9. The first-order valence-corrected chi connectivity index (χ1v) is 12.5. The Balaban J connectivity index is 0. The van der Waals surface area contributed by atoms with Crippen molar-refractivity contribution in [2.45, 2.75) is 83.2 Å². The molecule has 0 radical (unpaired) electrons. The van der Waals surface area contributed by atoms with Gasteiger partial charge in [-0.3, -0.25) is 24.0 Å². The molecule has 0 unspecified atom stereocenters. The highest BCUT2D eigenvalue weighted by Crippen LogP contribution is 2.38. The molecule has 2 rings (SSSR count). The second-order valence-corrected chi connectivity index (χ2v) is 8.74. The molecule has 216 valence electrons. The molecular formula is C24H43ClN2O10. The van der Waals surface area contributed by atoms with Crippen LogP contribution in [0.1, 0.15) is 72.1 Å². The monoisotopic (exact) mass is 554 g/mol. The quantitative estimate of drug-likeness (QED) is 0.137. The van der Waals surface area contributed by atoms with Gasteiger partial charge in [-0.15, -0.1) is 0 Å². The molecule has 37 heavy (non-hydrogen) atoms. The molecule has 12 nitrogen and oxygen atoms in total. The Bertz CT molecular complexity index is 708. The lowest BCUT2D eigenvalue weighted by atomic mass is 10.2. The summed E-state index contributed by atoms with van der Waals surface area (Å²) in [5.74, 6) is -1.60. The van der Waals surface area contributed by atoms with E-state index in [0.29, 0.717) is 12.8 Å². The number of methoxy groups -OCH3 is 2. The van der Waals surface area contributed by atoms with E-state index in [1.807, 2.05) is 6.92 Å². The highest BCUT2D eigenvalue weighted by Gasteiger charge is 2.43. The number of halogens is 1. The molecule has 1 amide bonds. The van der Waals surface area contributed by atoms with Gasteiger partial charge in [0.05, 0.1) is 26.7 Å². The van der Waals surface area contributed by atoms with Crippen LogP contribution in [-0.2, 0) is 42.9 Å². The predicted molar refractivity (Wildman–Crippen MR) is 136 cm³/mol. The Morgan fingerprint density at radius 1 is 0.865 bits per heavy atom. The minimum absolute atomic E-state index is 0.0552. The van der Waals surface area contributed by atoms with Crippen LogP contribution >= 0.6 is 11.6 Å². The molecule has 2 aliphatic carbocycles. The highest BCUT2D eigenvalue weighted by atomic mass is 35.5. The van der Waals surface area contributed by atoms with E-state index in [1.54, 1.807) is 21.0 Å². The van der Waals surface area contributed by atoms with Crippen molar-refractivity contribution >= 4 is 40.7 Å². The average molecular weight is 555 g/mol. The fourth-order valence-corrected chi connectivity index (χ4v) is 2.62. The lowest BCUT2D eigenvalue weighted by Gasteiger charge is -2.15. The number of aliphatic hydroxyl groups is 1. The van der Waals surface area contributed by atoms with Crippen molar-refractivity contribution in [1.29, 1.82) is 0 Å². The van der Waals surface area contributed by atoms with E-state index >= 15 is 0 Å². The summed E-state index contributed by atoms with van der Waals surface area (Å²) in [5.41, 5.74) is 5.17. The minimum Gasteiger partial charge on any atom is -0.469 e. The summed E-state index contributed by atoms with van der Waals surface area (Å²) in [6.45, 7) is 6.76. The third kappa shape index (κ3) is 22.6. The van der Waals surface area contributed by atoms with Crippen LogP contribution in [-0.4, -0.2) is 85.9 Å². The van der Waals surface area contributed by atoms with E-state index in [1.165, 1.54) is 7.11 Å². The second-order valence-electron chi connectivity index (χ2n) is 8.31. The molecule has 0 spiro atoms. The third-order valence-corrected chi connectivity index (χ3v) is 5.09. The number of rotatable bonds is 12. The zero-order chi connectivity index (χ0) is 28.9. The van der Waals surface area contributed by atoms with Crippen LogP contribution in [0.4, 0.5) is 0 Å². The first-order valence-electron chi connectivity index (χ1n) is 12.1. The van der Waals surface area contributed by atoms with Crippen LogP contribution in [0.3, 0.4) is 0 Å². The van der Waals surface area contributed by atoms with Gasteiger partial charge in [-0.05, 0) is 64.5 Å². The standard InChI is InChI=1S/C10H17NO4.C6H11NO2.C5H7ClO3.C3H8O/c1-2-15-9(14)7-8(13)11-10(3-4-10)5-6-12;1-9-5(8)4-6(7)2-3-6;1-2-9-5(8)3-4(6)7;1-3-4-2/h12H,2-7H2,1H3,(H,11,13);2-4,7H2,1H3;2-3H2,1H3;3H2,1-2H3. The number of esters is 3. The molecule has 0 saturated heterocycles. The molecule has 2 saturated carbocycles. The lowest BCUT2D eigenvalue weighted by molar-refractivity contribution is -0.147. The van der Waals surface area contributed by atoms with E-state index in [9.17, 15) is 24.0 Å². The molecule has 4 N–H and O–H groups in total. The van der Waals surface area contributed by atoms with Crippen molar-refractivity contribution in [3.63, 3.8) is 0 Å². The number of aliphatic hydroxyl groups excluding tert-OH is 1. The SMILES string of the molecule is CCOC.CCOC(=O)CC(=O)Cl.CCOC(=O)CC(=O)NC1(CCO)CC1.COC(=O)CC1(N)CC1. The molecule has 0 bridgehead atoms. The van der Waals surface area contributed by atoms with Crippen LogP contribution in [0.5, 0.6) is 0 Å². The van der Waals surface area contributed by atoms with E-state index in [4.69, 9.17) is 22.4 Å². The van der Waals surface area contributed by atoms with Gasteiger partial charge in [-0.25, -0.2) is 0 Å². The number of nitrogens with two attached hydrogens (primary N) is 1. The third-order valence-electron chi connectivity index (χ3n) is 4.95. The molecule has 13 heteroatoms. The number of ether oxygens (including phenoxy) is 4. The van der Waals surface area contributed by atoms with Gasteiger partial charge in [-0.2, -0.15) is 0 Å². The summed E-state index contributed by atoms with van der Waals surface area (Å²) in [4.78, 5) is 53.2. The van der Waals surface area contributed by atoms with Crippen molar-refractivity contribution < 1.29 is 48.0 Å². The van der Waals surface area contributed by atoms with Crippen molar-refractivity contribution in [2.75, 3.05) is 40.6 Å². The Morgan fingerprint density at radius 2 is 1.35 bits per heavy atom. The maximum atomic E-state index is 11.4. The summed E-state index contributed by atoms with van der Waals surface area (Å²) < 4.78 is 18.1. The van der Waals surface area contributed by atoms with Crippen LogP contribution in [0.2, 0.25) is 0 Å². The van der Waals surface area contributed by atoms with Gasteiger partial charge in [0, 0.05) is 31.4 Å². The molecule has 0 aromatic rings. The van der Waals surface area contributed by atoms with Gasteiger partial charge in [0.15, 0.2) is 0 Å². The first kappa shape index (κ1) is 36.9. The molecular weight excluding hydrogens is 512 g/mol. The maximum absolute atomic E-state index is 11.4. The van der Waals surface area contributed by atoms with Gasteiger partial charge in [0.2, 0.25) is 11.1 Å². The molecule has 0 aliphatic heterocycles. The first-order chi connectivity index (χ1) is 17.4. The second kappa shape index (κ2) is 20.7.